The van der Waals surface area contributed by atoms with E-state index in [0.29, 0.717) is 18.3 Å². The van der Waals surface area contributed by atoms with Crippen LogP contribution >= 0.6 is 0 Å². The predicted octanol–water partition coefficient (Wildman–Crippen LogP) is 2.91. The zero-order valence-electron chi connectivity index (χ0n) is 22.0. The summed E-state index contributed by atoms with van der Waals surface area (Å²) in [5.41, 5.74) is 14.8. The Morgan fingerprint density at radius 3 is 2.37 bits per heavy atom. The standard InChI is InChI=1S/C29H36N8O/c1-35-15-17-36(18-16-35)22-7-9-23(10-8-22)37-27-24(26(30)32-19-33-27)25(34-37)20-11-13-29(14-12-20,28(31)38)21-5-3-2-4-6-21/h2-6,11-13,19,22-23H,7-10,14-18H2,1H3,(H2,31,38)(H2,30,32,33). The second-order valence-corrected chi connectivity index (χ2v) is 11.0. The van der Waals surface area contributed by atoms with Crippen LogP contribution in [0.25, 0.3) is 16.6 Å². The fraction of sp³-hybridized carbons (Fsp3) is 0.448. The van der Waals surface area contributed by atoms with E-state index in [1.165, 1.54) is 6.33 Å². The fourth-order valence-electron chi connectivity index (χ4n) is 6.40. The van der Waals surface area contributed by atoms with Crippen LogP contribution in [-0.2, 0) is 10.2 Å². The first-order valence-corrected chi connectivity index (χ1v) is 13.6. The molecule has 6 rings (SSSR count). The van der Waals surface area contributed by atoms with Crippen molar-refractivity contribution in [3.63, 3.8) is 0 Å². The van der Waals surface area contributed by atoms with Crippen molar-refractivity contribution < 1.29 is 4.79 Å². The number of nitrogen functional groups attached to an aromatic ring is 1. The van der Waals surface area contributed by atoms with Crippen LogP contribution in [0.3, 0.4) is 0 Å². The van der Waals surface area contributed by atoms with Crippen molar-refractivity contribution in [3.05, 3.63) is 66.1 Å². The molecule has 0 radical (unpaired) electrons. The van der Waals surface area contributed by atoms with Crippen LogP contribution in [0.15, 0.2) is 54.9 Å². The Kier molecular flexibility index (Phi) is 6.49. The van der Waals surface area contributed by atoms with Gasteiger partial charge in [-0.15, -0.1) is 0 Å². The molecule has 3 heterocycles. The highest BCUT2D eigenvalue weighted by atomic mass is 16.1. The maximum absolute atomic E-state index is 12.6. The van der Waals surface area contributed by atoms with Crippen LogP contribution in [-0.4, -0.2) is 74.7 Å². The molecule has 1 unspecified atom stereocenters. The number of fused-ring (bicyclic) bond motifs is 1. The maximum atomic E-state index is 12.6. The summed E-state index contributed by atoms with van der Waals surface area (Å²) < 4.78 is 2.07. The molecule has 1 aromatic carbocycles. The highest BCUT2D eigenvalue weighted by Gasteiger charge is 2.37. The number of nitrogens with two attached hydrogens (primary N) is 2. The molecule has 198 valence electrons. The first-order chi connectivity index (χ1) is 18.5. The largest absolute Gasteiger partial charge is 0.383 e. The zero-order chi connectivity index (χ0) is 26.3. The summed E-state index contributed by atoms with van der Waals surface area (Å²) >= 11 is 0. The number of carbonyl (C=O) groups is 1. The minimum absolute atomic E-state index is 0.270. The van der Waals surface area contributed by atoms with Crippen LogP contribution in [0.2, 0.25) is 0 Å². The summed E-state index contributed by atoms with van der Waals surface area (Å²) in [6.45, 7) is 4.60. The van der Waals surface area contributed by atoms with Crippen molar-refractivity contribution in [2.45, 2.75) is 49.6 Å². The van der Waals surface area contributed by atoms with Gasteiger partial charge in [-0.3, -0.25) is 9.69 Å². The maximum Gasteiger partial charge on any atom is 0.232 e. The molecule has 0 spiro atoms. The van der Waals surface area contributed by atoms with Gasteiger partial charge in [0.1, 0.15) is 17.8 Å². The summed E-state index contributed by atoms with van der Waals surface area (Å²) in [5, 5.41) is 5.86. The summed E-state index contributed by atoms with van der Waals surface area (Å²) in [6, 6.07) is 10.6. The molecule has 9 nitrogen and oxygen atoms in total. The molecule has 38 heavy (non-hydrogen) atoms. The third-order valence-electron chi connectivity index (χ3n) is 8.78. The van der Waals surface area contributed by atoms with Crippen molar-refractivity contribution in [1.82, 2.24) is 29.5 Å². The number of allylic oxidation sites excluding steroid dienone is 3. The summed E-state index contributed by atoms with van der Waals surface area (Å²) in [4.78, 5) is 26.6. The zero-order valence-corrected chi connectivity index (χ0v) is 22.0. The second-order valence-electron chi connectivity index (χ2n) is 11.0. The summed E-state index contributed by atoms with van der Waals surface area (Å²) in [7, 11) is 2.20. The lowest BCUT2D eigenvalue weighted by atomic mass is 9.73. The van der Waals surface area contributed by atoms with Gasteiger partial charge < -0.3 is 16.4 Å². The van der Waals surface area contributed by atoms with Gasteiger partial charge in [0.25, 0.3) is 0 Å². The van der Waals surface area contributed by atoms with Crippen molar-refractivity contribution in [1.29, 1.82) is 0 Å². The van der Waals surface area contributed by atoms with E-state index in [2.05, 4.69) is 31.5 Å². The number of likely N-dealkylation sites (N-methyl/N-ethyl adjacent to an activating group) is 1. The Hall–Kier alpha value is -3.56. The van der Waals surface area contributed by atoms with Gasteiger partial charge in [0.15, 0.2) is 5.65 Å². The third kappa shape index (κ3) is 4.29. The molecule has 1 saturated heterocycles. The quantitative estimate of drug-likeness (QED) is 0.539. The molecule has 4 N–H and O–H groups in total. The Balaban J connectivity index is 1.28. The molecule has 1 atom stereocenters. The molecule has 1 aliphatic heterocycles. The molecule has 2 fully saturated rings. The van der Waals surface area contributed by atoms with E-state index in [4.69, 9.17) is 16.6 Å². The number of anilines is 1. The number of amides is 1. The SMILES string of the molecule is CN1CCN(C2CCC(n3nc(C4=CCC(C(N)=O)(c5ccccc5)C=C4)c4c(N)ncnc43)CC2)CC1. The predicted molar refractivity (Wildman–Crippen MR) is 149 cm³/mol. The van der Waals surface area contributed by atoms with Gasteiger partial charge in [-0.25, -0.2) is 14.6 Å². The molecule has 3 aliphatic rings. The molecule has 0 bridgehead atoms. The minimum Gasteiger partial charge on any atom is -0.383 e. The summed E-state index contributed by atoms with van der Waals surface area (Å²) in [6.07, 6.45) is 12.3. The van der Waals surface area contributed by atoms with Gasteiger partial charge in [-0.2, -0.15) is 5.10 Å². The first-order valence-electron chi connectivity index (χ1n) is 13.6. The number of nitrogens with zero attached hydrogens (tertiary/aromatic N) is 6. The van der Waals surface area contributed by atoms with Crippen LogP contribution in [0, 0.1) is 0 Å². The first kappa shape index (κ1) is 24.8. The van der Waals surface area contributed by atoms with E-state index in [9.17, 15) is 4.79 Å². The number of rotatable bonds is 5. The average Bonchev–Trinajstić information content (AvgIpc) is 3.35. The lowest BCUT2D eigenvalue weighted by Gasteiger charge is -2.41. The second kappa shape index (κ2) is 9.96. The van der Waals surface area contributed by atoms with Gasteiger partial charge >= 0.3 is 0 Å². The highest BCUT2D eigenvalue weighted by Crippen LogP contribution is 2.40. The molecule has 2 aromatic heterocycles. The Morgan fingerprint density at radius 2 is 1.71 bits per heavy atom. The normalized spacial score (nSPS) is 26.9. The molecular weight excluding hydrogens is 476 g/mol. The lowest BCUT2D eigenvalue weighted by molar-refractivity contribution is -0.121. The highest BCUT2D eigenvalue weighted by molar-refractivity contribution is 5.99. The van der Waals surface area contributed by atoms with E-state index in [-0.39, 0.29) is 11.9 Å². The van der Waals surface area contributed by atoms with Crippen LogP contribution in [0.1, 0.15) is 49.4 Å². The van der Waals surface area contributed by atoms with E-state index >= 15 is 0 Å². The molecule has 1 amide bonds. The molecule has 9 heteroatoms. The van der Waals surface area contributed by atoms with Crippen LogP contribution < -0.4 is 11.5 Å². The number of aromatic nitrogens is 4. The molecule has 3 aromatic rings. The summed E-state index contributed by atoms with van der Waals surface area (Å²) in [5.74, 6) is 0.0528. The smallest absolute Gasteiger partial charge is 0.232 e. The van der Waals surface area contributed by atoms with Crippen molar-refractivity contribution in [2.24, 2.45) is 5.73 Å². The topological polar surface area (TPSA) is 119 Å². The van der Waals surface area contributed by atoms with E-state index in [0.717, 1.165) is 79.7 Å². The number of benzene rings is 1. The Labute approximate surface area is 223 Å². The van der Waals surface area contributed by atoms with Crippen molar-refractivity contribution in [2.75, 3.05) is 39.0 Å². The van der Waals surface area contributed by atoms with Crippen LogP contribution in [0.4, 0.5) is 5.82 Å². The van der Waals surface area contributed by atoms with E-state index in [1.54, 1.807) is 0 Å². The lowest BCUT2D eigenvalue weighted by Crippen LogP contribution is -2.49. The fourth-order valence-corrected chi connectivity index (χ4v) is 6.40. The Morgan fingerprint density at radius 1 is 1.00 bits per heavy atom. The van der Waals surface area contributed by atoms with Crippen LogP contribution in [0.5, 0.6) is 0 Å². The third-order valence-corrected chi connectivity index (χ3v) is 8.78. The number of carbonyl (C=O) groups excluding carboxylic acids is 1. The number of piperazine rings is 1. The molecule has 1 saturated carbocycles. The van der Waals surface area contributed by atoms with Gasteiger partial charge in [0.05, 0.1) is 16.8 Å². The number of hydrogen-bond donors (Lipinski definition) is 2. The van der Waals surface area contributed by atoms with Gasteiger partial charge in [-0.1, -0.05) is 48.6 Å². The van der Waals surface area contributed by atoms with E-state index < -0.39 is 5.41 Å². The van der Waals surface area contributed by atoms with Gasteiger partial charge in [0, 0.05) is 32.2 Å². The molecule has 2 aliphatic carbocycles. The minimum atomic E-state index is -0.882. The average molecular weight is 513 g/mol. The van der Waals surface area contributed by atoms with Gasteiger partial charge in [-0.05, 0) is 50.3 Å². The van der Waals surface area contributed by atoms with Crippen molar-refractivity contribution >= 4 is 28.3 Å². The Bertz CT molecular complexity index is 1380. The monoisotopic (exact) mass is 512 g/mol. The van der Waals surface area contributed by atoms with Gasteiger partial charge in [0.2, 0.25) is 5.91 Å². The molecular formula is C29H36N8O. The number of primary amides is 1. The van der Waals surface area contributed by atoms with E-state index in [1.807, 2.05) is 48.6 Å². The number of hydrogen-bond acceptors (Lipinski definition) is 7. The van der Waals surface area contributed by atoms with Crippen molar-refractivity contribution in [3.8, 4) is 0 Å².